The van der Waals surface area contributed by atoms with Gasteiger partial charge in [-0.25, -0.2) is 0 Å². The molecule has 1 aliphatic heterocycles. The first-order chi connectivity index (χ1) is 11.8. The van der Waals surface area contributed by atoms with Gasteiger partial charge in [0, 0.05) is 7.11 Å². The molecule has 2 rings (SSSR count). The summed E-state index contributed by atoms with van der Waals surface area (Å²) in [6, 6.07) is 8.24. The molecular formula is C15H24N2O6S2. The van der Waals surface area contributed by atoms with Crippen LogP contribution in [0.25, 0.3) is 0 Å². The number of hydrogen-bond donors (Lipinski definition) is 7. The summed E-state index contributed by atoms with van der Waals surface area (Å²) in [5.41, 5.74) is 5.51. The number of methoxy groups -OCH3 is 1. The Morgan fingerprint density at radius 3 is 2.36 bits per heavy atom. The van der Waals surface area contributed by atoms with E-state index in [1.807, 2.05) is 30.3 Å². The number of nitrogens with two attached hydrogens (primary N) is 1. The molecule has 7 N–H and O–H groups in total. The van der Waals surface area contributed by atoms with Crippen molar-refractivity contribution in [2.24, 2.45) is 5.73 Å². The molecule has 1 fully saturated rings. The lowest BCUT2D eigenvalue weighted by molar-refractivity contribution is -0.258. The molecule has 10 heteroatoms. The molecule has 1 saturated heterocycles. The van der Waals surface area contributed by atoms with E-state index in [2.05, 4.69) is 30.2 Å². The fraction of sp³-hybridized carbons (Fsp3) is 0.533. The van der Waals surface area contributed by atoms with Gasteiger partial charge in [0.25, 0.3) is 0 Å². The van der Waals surface area contributed by atoms with Crippen LogP contribution in [0.5, 0.6) is 0 Å². The first-order valence-corrected chi connectivity index (χ1v) is 8.30. The SMILES string of the molecule is COC(N[C@H]1C(O)O[C@H](CO)[C@@H](O)[C@@H]1O)c1ccccc1.NC(=S)S. The Morgan fingerprint density at radius 2 is 1.88 bits per heavy atom. The predicted octanol–water partition coefficient (Wildman–Crippen LogP) is -1.12. The Bertz CT molecular complexity index is 520. The maximum Gasteiger partial charge on any atom is 0.173 e. The van der Waals surface area contributed by atoms with Gasteiger partial charge in [0.15, 0.2) is 6.29 Å². The molecule has 0 aliphatic carbocycles. The minimum atomic E-state index is -1.37. The van der Waals surface area contributed by atoms with Gasteiger partial charge in [0.05, 0.1) is 12.6 Å². The maximum absolute atomic E-state index is 10.1. The smallest absolute Gasteiger partial charge is 0.173 e. The minimum absolute atomic E-state index is 0.194. The fourth-order valence-corrected chi connectivity index (χ4v) is 2.38. The predicted molar refractivity (Wildman–Crippen MR) is 98.9 cm³/mol. The number of aliphatic hydroxyl groups excluding tert-OH is 4. The molecule has 0 amide bonds. The maximum atomic E-state index is 10.1. The molecular weight excluding hydrogens is 368 g/mol. The van der Waals surface area contributed by atoms with E-state index in [4.69, 9.17) is 20.3 Å². The normalized spacial score (nSPS) is 30.1. The second-order valence-corrected chi connectivity index (χ2v) is 6.51. The summed E-state index contributed by atoms with van der Waals surface area (Å²) in [4.78, 5) is 0. The second kappa shape index (κ2) is 11.0. The third-order valence-corrected chi connectivity index (χ3v) is 3.58. The first-order valence-electron chi connectivity index (χ1n) is 7.44. The minimum Gasteiger partial charge on any atom is -0.394 e. The van der Waals surface area contributed by atoms with E-state index in [9.17, 15) is 15.3 Å². The zero-order valence-electron chi connectivity index (χ0n) is 13.6. The largest absolute Gasteiger partial charge is 0.394 e. The van der Waals surface area contributed by atoms with Crippen LogP contribution in [0.1, 0.15) is 11.8 Å². The van der Waals surface area contributed by atoms with Crippen LogP contribution in [0, 0.1) is 0 Å². The highest BCUT2D eigenvalue weighted by Crippen LogP contribution is 2.23. The molecule has 8 nitrogen and oxygen atoms in total. The van der Waals surface area contributed by atoms with E-state index in [0.29, 0.717) is 0 Å². The Kier molecular flexibility index (Phi) is 9.79. The third kappa shape index (κ3) is 6.77. The van der Waals surface area contributed by atoms with Crippen molar-refractivity contribution in [3.63, 3.8) is 0 Å². The highest BCUT2D eigenvalue weighted by Gasteiger charge is 2.44. The third-order valence-electron chi connectivity index (χ3n) is 3.58. The number of thiocarbonyl (C=S) groups is 1. The molecule has 2 unspecified atom stereocenters. The molecule has 1 aromatic carbocycles. The van der Waals surface area contributed by atoms with Gasteiger partial charge < -0.3 is 35.6 Å². The van der Waals surface area contributed by atoms with Crippen LogP contribution in [0.2, 0.25) is 0 Å². The van der Waals surface area contributed by atoms with Crippen molar-refractivity contribution >= 4 is 29.2 Å². The van der Waals surface area contributed by atoms with Crippen molar-refractivity contribution in [3.8, 4) is 0 Å². The molecule has 142 valence electrons. The lowest BCUT2D eigenvalue weighted by atomic mass is 9.96. The van der Waals surface area contributed by atoms with Gasteiger partial charge in [0.2, 0.25) is 0 Å². The summed E-state index contributed by atoms with van der Waals surface area (Å²) >= 11 is 7.65. The number of thiol groups is 1. The van der Waals surface area contributed by atoms with Crippen LogP contribution in [-0.4, -0.2) is 69.1 Å². The number of rotatable bonds is 5. The summed E-state index contributed by atoms with van der Waals surface area (Å²) in [6.45, 7) is -0.492. The quantitative estimate of drug-likeness (QED) is 0.189. The molecule has 1 aromatic rings. The van der Waals surface area contributed by atoms with Crippen molar-refractivity contribution in [2.75, 3.05) is 13.7 Å². The summed E-state index contributed by atoms with van der Waals surface area (Å²) in [5, 5.41) is 41.8. The summed E-state index contributed by atoms with van der Waals surface area (Å²) in [7, 11) is 1.49. The van der Waals surface area contributed by atoms with Gasteiger partial charge in [-0.2, -0.15) is 0 Å². The van der Waals surface area contributed by atoms with Crippen molar-refractivity contribution in [2.45, 2.75) is 36.9 Å². The standard InChI is InChI=1S/C14H21NO6.CH3NS2/c1-20-13(8-5-3-2-4-6-8)15-10-12(18)11(17)9(7-16)21-14(10)19;2-1(3)4/h2-6,9-19H,7H2,1H3;(H3,2,3,4)/t9-,10-,11-,12-,13?,14?;/m1./s1. The monoisotopic (exact) mass is 392 g/mol. The topological polar surface area (TPSA) is 137 Å². The fourth-order valence-electron chi connectivity index (χ4n) is 2.38. The van der Waals surface area contributed by atoms with Crippen LogP contribution in [0.4, 0.5) is 0 Å². The highest BCUT2D eigenvalue weighted by atomic mass is 32.1. The average molecular weight is 392 g/mol. The summed E-state index contributed by atoms with van der Waals surface area (Å²) in [6.07, 6.45) is -5.58. The van der Waals surface area contributed by atoms with Crippen LogP contribution >= 0.6 is 24.8 Å². The molecule has 0 radical (unpaired) electrons. The van der Waals surface area contributed by atoms with Crippen LogP contribution in [0.15, 0.2) is 30.3 Å². The number of benzene rings is 1. The van der Waals surface area contributed by atoms with Crippen LogP contribution in [0.3, 0.4) is 0 Å². The van der Waals surface area contributed by atoms with Crippen molar-refractivity contribution in [3.05, 3.63) is 35.9 Å². The zero-order valence-corrected chi connectivity index (χ0v) is 15.3. The van der Waals surface area contributed by atoms with E-state index in [0.717, 1.165) is 5.56 Å². The van der Waals surface area contributed by atoms with Gasteiger partial charge >= 0.3 is 0 Å². The molecule has 1 heterocycles. The van der Waals surface area contributed by atoms with E-state index in [-0.39, 0.29) is 4.32 Å². The van der Waals surface area contributed by atoms with E-state index < -0.39 is 43.5 Å². The number of nitrogens with one attached hydrogen (secondary N) is 1. The van der Waals surface area contributed by atoms with E-state index in [1.165, 1.54) is 7.11 Å². The van der Waals surface area contributed by atoms with Gasteiger partial charge in [-0.3, -0.25) is 5.32 Å². The molecule has 0 spiro atoms. The van der Waals surface area contributed by atoms with E-state index in [1.54, 1.807) is 0 Å². The number of aliphatic hydroxyl groups is 4. The van der Waals surface area contributed by atoms with Gasteiger partial charge in [-0.05, 0) is 5.56 Å². The van der Waals surface area contributed by atoms with E-state index >= 15 is 0 Å². The average Bonchev–Trinajstić information content (AvgIpc) is 2.58. The Hall–Kier alpha value is -0.820. The van der Waals surface area contributed by atoms with Gasteiger partial charge in [-0.15, -0.1) is 12.6 Å². The highest BCUT2D eigenvalue weighted by molar-refractivity contribution is 8.10. The summed E-state index contributed by atoms with van der Waals surface area (Å²) < 4.78 is 10.6. The van der Waals surface area contributed by atoms with Crippen molar-refractivity contribution in [1.29, 1.82) is 0 Å². The second-order valence-electron chi connectivity index (χ2n) is 5.29. The van der Waals surface area contributed by atoms with Gasteiger partial charge in [0.1, 0.15) is 28.9 Å². The lowest BCUT2D eigenvalue weighted by Crippen LogP contribution is -2.63. The van der Waals surface area contributed by atoms with Gasteiger partial charge in [-0.1, -0.05) is 42.5 Å². The lowest BCUT2D eigenvalue weighted by Gasteiger charge is -2.41. The Labute approximate surface area is 157 Å². The van der Waals surface area contributed by atoms with Crippen molar-refractivity contribution < 1.29 is 29.9 Å². The number of hydrogen-bond acceptors (Lipinski definition) is 8. The Morgan fingerprint density at radius 1 is 1.32 bits per heavy atom. The molecule has 0 saturated carbocycles. The molecule has 0 bridgehead atoms. The zero-order chi connectivity index (χ0) is 19.0. The van der Waals surface area contributed by atoms with Crippen LogP contribution < -0.4 is 11.1 Å². The first kappa shape index (κ1) is 22.2. The van der Waals surface area contributed by atoms with Crippen molar-refractivity contribution in [1.82, 2.24) is 5.32 Å². The molecule has 0 aromatic heterocycles. The molecule has 1 aliphatic rings. The molecule has 25 heavy (non-hydrogen) atoms. The Balaban J connectivity index is 0.000000705. The number of ether oxygens (including phenoxy) is 2. The van der Waals surface area contributed by atoms with Crippen LogP contribution in [-0.2, 0) is 9.47 Å². The molecule has 6 atom stereocenters. The summed E-state index contributed by atoms with van der Waals surface area (Å²) in [5.74, 6) is 0.